The molecule has 7 nitrogen and oxygen atoms in total. The topological polar surface area (TPSA) is 105 Å². The molecule has 0 spiro atoms. The van der Waals surface area contributed by atoms with Crippen molar-refractivity contribution < 1.29 is 13.2 Å². The first-order valence-corrected chi connectivity index (χ1v) is 13.8. The number of benzene rings is 3. The molecular weight excluding hydrogens is 520 g/mol. The summed E-state index contributed by atoms with van der Waals surface area (Å²) in [5, 5.41) is 3.74. The molecule has 0 unspecified atom stereocenters. The van der Waals surface area contributed by atoms with E-state index >= 15 is 0 Å². The Kier molecular flexibility index (Phi) is 11.0. The average molecular weight is 551 g/mol. The van der Waals surface area contributed by atoms with Crippen LogP contribution >= 0.6 is 11.6 Å². The largest absolute Gasteiger partial charge is 0.388 e. The number of sulfonamides is 1. The van der Waals surface area contributed by atoms with Gasteiger partial charge in [0.05, 0.1) is 17.1 Å². The molecule has 0 aliphatic carbocycles. The van der Waals surface area contributed by atoms with E-state index in [4.69, 9.17) is 17.3 Å². The lowest BCUT2D eigenvalue weighted by Crippen LogP contribution is -2.30. The van der Waals surface area contributed by atoms with Crippen molar-refractivity contribution in [2.24, 2.45) is 5.73 Å². The smallest absolute Gasteiger partial charge is 0.243 e. The second kappa shape index (κ2) is 14.4. The SMILES string of the molecule is CNc1ccc(CN(Cc2ccccn2)S(=O)(=O)c2ccc(CN)cc2)cc1.O=CCc1cccc(Cl)c1. The van der Waals surface area contributed by atoms with Crippen molar-refractivity contribution in [2.45, 2.75) is 31.0 Å². The lowest BCUT2D eigenvalue weighted by atomic mass is 10.2. The summed E-state index contributed by atoms with van der Waals surface area (Å²) in [6.45, 7) is 0.812. The first-order valence-electron chi connectivity index (χ1n) is 12.0. The molecule has 1 heterocycles. The fourth-order valence-electron chi connectivity index (χ4n) is 3.59. The minimum atomic E-state index is -3.70. The minimum Gasteiger partial charge on any atom is -0.388 e. The molecule has 3 N–H and O–H groups in total. The van der Waals surface area contributed by atoms with Crippen LogP contribution in [0.15, 0.2) is 102 Å². The third kappa shape index (κ3) is 8.49. The van der Waals surface area contributed by atoms with E-state index in [2.05, 4.69) is 10.3 Å². The number of carbonyl (C=O) groups excluding carboxylic acids is 1. The standard InChI is InChI=1S/C21H24N4O2S.C8H7ClO/c1-23-19-9-5-18(6-10-19)15-25(16-20-4-2-3-13-24-20)28(26,27)21-11-7-17(14-22)8-12-21;9-8-3-1-2-7(6-8)4-5-10/h2-13,23H,14-16,22H2,1H3;1-3,5-6H,4H2. The van der Waals surface area contributed by atoms with Gasteiger partial charge in [0.25, 0.3) is 0 Å². The Morgan fingerprint density at radius 2 is 1.61 bits per heavy atom. The number of rotatable bonds is 10. The zero-order valence-electron chi connectivity index (χ0n) is 21.1. The maximum atomic E-state index is 13.3. The highest BCUT2D eigenvalue weighted by molar-refractivity contribution is 7.89. The maximum Gasteiger partial charge on any atom is 0.243 e. The summed E-state index contributed by atoms with van der Waals surface area (Å²) in [6.07, 6.45) is 2.98. The number of anilines is 1. The van der Waals surface area contributed by atoms with Gasteiger partial charge in [-0.05, 0) is 65.2 Å². The molecule has 0 bridgehead atoms. The molecule has 3 aromatic carbocycles. The first-order chi connectivity index (χ1) is 18.3. The number of hydrogen-bond acceptors (Lipinski definition) is 6. The van der Waals surface area contributed by atoms with Crippen LogP contribution in [0.3, 0.4) is 0 Å². The number of nitrogens with zero attached hydrogens (tertiary/aromatic N) is 2. The van der Waals surface area contributed by atoms with Crippen molar-refractivity contribution in [3.05, 3.63) is 125 Å². The Morgan fingerprint density at radius 3 is 2.18 bits per heavy atom. The molecule has 198 valence electrons. The number of nitrogens with two attached hydrogens (primary N) is 1. The summed E-state index contributed by atoms with van der Waals surface area (Å²) in [5.41, 5.74) is 10.0. The van der Waals surface area contributed by atoms with Crippen LogP contribution < -0.4 is 11.1 Å². The van der Waals surface area contributed by atoms with Gasteiger partial charge in [0, 0.05) is 43.5 Å². The van der Waals surface area contributed by atoms with Crippen LogP contribution in [0.5, 0.6) is 0 Å². The summed E-state index contributed by atoms with van der Waals surface area (Å²) in [6, 6.07) is 27.2. The predicted molar refractivity (Wildman–Crippen MR) is 152 cm³/mol. The lowest BCUT2D eigenvalue weighted by molar-refractivity contribution is -0.107. The molecule has 0 atom stereocenters. The van der Waals surface area contributed by atoms with E-state index in [1.807, 2.05) is 61.6 Å². The van der Waals surface area contributed by atoms with Gasteiger partial charge in [0.2, 0.25) is 10.0 Å². The van der Waals surface area contributed by atoms with E-state index < -0.39 is 10.0 Å². The van der Waals surface area contributed by atoms with Crippen LogP contribution in [-0.4, -0.2) is 31.0 Å². The number of pyridine rings is 1. The molecule has 0 fully saturated rings. The predicted octanol–water partition coefficient (Wildman–Crippen LogP) is 5.05. The highest BCUT2D eigenvalue weighted by Crippen LogP contribution is 2.22. The summed E-state index contributed by atoms with van der Waals surface area (Å²) in [7, 11) is -1.86. The Morgan fingerprint density at radius 1 is 0.895 bits per heavy atom. The third-order valence-corrected chi connectivity index (χ3v) is 7.71. The first kappa shape index (κ1) is 29.0. The molecule has 1 aromatic heterocycles. The fraction of sp³-hybridized carbons (Fsp3) is 0.172. The van der Waals surface area contributed by atoms with E-state index in [1.165, 1.54) is 4.31 Å². The molecule has 4 rings (SSSR count). The summed E-state index contributed by atoms with van der Waals surface area (Å²) in [5.74, 6) is 0. The molecule has 0 saturated carbocycles. The summed E-state index contributed by atoms with van der Waals surface area (Å²) >= 11 is 5.66. The lowest BCUT2D eigenvalue weighted by Gasteiger charge is -2.22. The molecule has 0 aliphatic rings. The van der Waals surface area contributed by atoms with Gasteiger partial charge in [-0.25, -0.2) is 8.42 Å². The second-order valence-electron chi connectivity index (χ2n) is 8.39. The number of carbonyl (C=O) groups is 1. The number of nitrogens with one attached hydrogen (secondary N) is 1. The van der Waals surface area contributed by atoms with Gasteiger partial charge in [-0.2, -0.15) is 4.31 Å². The van der Waals surface area contributed by atoms with Crippen molar-refractivity contribution in [3.63, 3.8) is 0 Å². The van der Waals surface area contributed by atoms with Crippen LogP contribution in [-0.2, 0) is 40.9 Å². The highest BCUT2D eigenvalue weighted by Gasteiger charge is 2.25. The Labute approximate surface area is 229 Å². The molecule has 9 heteroatoms. The number of aldehydes is 1. The summed E-state index contributed by atoms with van der Waals surface area (Å²) < 4.78 is 28.1. The van der Waals surface area contributed by atoms with Gasteiger partial charge >= 0.3 is 0 Å². The van der Waals surface area contributed by atoms with Crippen LogP contribution in [0.4, 0.5) is 5.69 Å². The van der Waals surface area contributed by atoms with Crippen LogP contribution in [0.25, 0.3) is 0 Å². The Hall–Kier alpha value is -3.56. The van der Waals surface area contributed by atoms with Gasteiger partial charge in [-0.3, -0.25) is 4.98 Å². The normalized spacial score (nSPS) is 10.9. The minimum absolute atomic E-state index is 0.190. The zero-order chi connectivity index (χ0) is 27.4. The second-order valence-corrected chi connectivity index (χ2v) is 10.8. The van der Waals surface area contributed by atoms with Crippen molar-refractivity contribution >= 4 is 33.6 Å². The molecule has 0 radical (unpaired) electrons. The molecule has 0 saturated heterocycles. The van der Waals surface area contributed by atoms with Crippen molar-refractivity contribution in [1.29, 1.82) is 0 Å². The van der Waals surface area contributed by atoms with E-state index in [9.17, 15) is 13.2 Å². The van der Waals surface area contributed by atoms with E-state index in [1.54, 1.807) is 42.6 Å². The monoisotopic (exact) mass is 550 g/mol. The van der Waals surface area contributed by atoms with Crippen LogP contribution in [0.1, 0.15) is 22.4 Å². The molecule has 0 aliphatic heterocycles. The van der Waals surface area contributed by atoms with Crippen molar-refractivity contribution in [3.8, 4) is 0 Å². The van der Waals surface area contributed by atoms with Crippen LogP contribution in [0, 0.1) is 0 Å². The van der Waals surface area contributed by atoms with Crippen molar-refractivity contribution in [1.82, 2.24) is 9.29 Å². The number of halogens is 1. The van der Waals surface area contributed by atoms with E-state index in [0.717, 1.165) is 28.7 Å². The average Bonchev–Trinajstić information content (AvgIpc) is 2.94. The number of aromatic nitrogens is 1. The highest BCUT2D eigenvalue weighted by atomic mass is 35.5. The summed E-state index contributed by atoms with van der Waals surface area (Å²) in [4.78, 5) is 14.6. The molecule has 4 aromatic rings. The molecule has 38 heavy (non-hydrogen) atoms. The van der Waals surface area contributed by atoms with Gasteiger partial charge in [-0.15, -0.1) is 0 Å². The van der Waals surface area contributed by atoms with Crippen molar-refractivity contribution in [2.75, 3.05) is 12.4 Å². The third-order valence-electron chi connectivity index (χ3n) is 5.67. The fourth-order valence-corrected chi connectivity index (χ4v) is 5.20. The van der Waals surface area contributed by atoms with E-state index in [-0.39, 0.29) is 18.0 Å². The van der Waals surface area contributed by atoms with Gasteiger partial charge in [0.15, 0.2) is 0 Å². The van der Waals surface area contributed by atoms with Gasteiger partial charge in [-0.1, -0.05) is 54.1 Å². The number of hydrogen-bond donors (Lipinski definition) is 2. The quantitative estimate of drug-likeness (QED) is 0.268. The Balaban J connectivity index is 0.000000336. The Bertz CT molecular complexity index is 1400. The van der Waals surface area contributed by atoms with Gasteiger partial charge < -0.3 is 15.8 Å². The molecular formula is C29H31ClN4O3S. The van der Waals surface area contributed by atoms with Gasteiger partial charge in [0.1, 0.15) is 6.29 Å². The van der Waals surface area contributed by atoms with Crippen LogP contribution in [0.2, 0.25) is 5.02 Å². The molecule has 0 amide bonds. The zero-order valence-corrected chi connectivity index (χ0v) is 22.7. The maximum absolute atomic E-state index is 13.3. The van der Waals surface area contributed by atoms with E-state index in [0.29, 0.717) is 23.7 Å².